The summed E-state index contributed by atoms with van der Waals surface area (Å²) in [5, 5.41) is 3.01. The molecule has 0 unspecified atom stereocenters. The number of anilines is 2. The van der Waals surface area contributed by atoms with Crippen molar-refractivity contribution < 1.29 is 4.79 Å². The molecule has 3 nitrogen and oxygen atoms in total. The molecule has 0 heterocycles. The standard InChI is InChI=1S/C18H22N2O.ClH/c1-12-9-10-13(19)11-14(12)17(21)20-16-8-6-5-7-15(16)18(2,3)4;/h5-11H,19H2,1-4H3,(H,20,21);1H. The minimum Gasteiger partial charge on any atom is -0.399 e. The Morgan fingerprint density at radius 3 is 2.36 bits per heavy atom. The average molecular weight is 319 g/mol. The molecule has 0 aliphatic heterocycles. The van der Waals surface area contributed by atoms with Crippen LogP contribution in [0.25, 0.3) is 0 Å². The van der Waals surface area contributed by atoms with Gasteiger partial charge in [-0.05, 0) is 41.7 Å². The first-order valence-corrected chi connectivity index (χ1v) is 7.06. The lowest BCUT2D eigenvalue weighted by molar-refractivity contribution is 0.102. The Morgan fingerprint density at radius 2 is 1.73 bits per heavy atom. The smallest absolute Gasteiger partial charge is 0.256 e. The Bertz CT molecular complexity index is 675. The molecule has 118 valence electrons. The summed E-state index contributed by atoms with van der Waals surface area (Å²) in [5.74, 6) is -0.128. The fourth-order valence-electron chi connectivity index (χ4n) is 2.32. The van der Waals surface area contributed by atoms with Gasteiger partial charge in [-0.15, -0.1) is 12.4 Å². The van der Waals surface area contributed by atoms with Gasteiger partial charge >= 0.3 is 0 Å². The molecule has 3 N–H and O–H groups in total. The number of para-hydroxylation sites is 1. The van der Waals surface area contributed by atoms with Gasteiger partial charge in [0.1, 0.15) is 0 Å². The van der Waals surface area contributed by atoms with Crippen LogP contribution < -0.4 is 11.1 Å². The molecule has 2 rings (SSSR count). The Labute approximate surface area is 138 Å². The van der Waals surface area contributed by atoms with Crippen molar-refractivity contribution in [3.63, 3.8) is 0 Å². The van der Waals surface area contributed by atoms with Crippen molar-refractivity contribution >= 4 is 29.7 Å². The zero-order valence-electron chi connectivity index (χ0n) is 13.4. The van der Waals surface area contributed by atoms with E-state index in [2.05, 4.69) is 26.1 Å². The topological polar surface area (TPSA) is 55.1 Å². The van der Waals surface area contributed by atoms with E-state index in [1.54, 1.807) is 12.1 Å². The number of rotatable bonds is 2. The number of carbonyl (C=O) groups excluding carboxylic acids is 1. The summed E-state index contributed by atoms with van der Waals surface area (Å²) in [5.41, 5.74) is 9.81. The van der Waals surface area contributed by atoms with Gasteiger partial charge in [0.2, 0.25) is 0 Å². The summed E-state index contributed by atoms with van der Waals surface area (Å²) in [6.45, 7) is 8.29. The van der Waals surface area contributed by atoms with Crippen molar-refractivity contribution in [1.29, 1.82) is 0 Å². The van der Waals surface area contributed by atoms with Crippen LogP contribution in [0.15, 0.2) is 42.5 Å². The van der Waals surface area contributed by atoms with Crippen molar-refractivity contribution in [1.82, 2.24) is 0 Å². The van der Waals surface area contributed by atoms with E-state index in [-0.39, 0.29) is 23.7 Å². The number of nitrogens with one attached hydrogen (secondary N) is 1. The van der Waals surface area contributed by atoms with E-state index < -0.39 is 0 Å². The number of aryl methyl sites for hydroxylation is 1. The molecule has 0 aliphatic carbocycles. The maximum Gasteiger partial charge on any atom is 0.256 e. The maximum atomic E-state index is 12.5. The number of nitrogen functional groups attached to an aromatic ring is 1. The molecule has 0 bridgehead atoms. The van der Waals surface area contributed by atoms with Crippen LogP contribution in [0.4, 0.5) is 11.4 Å². The number of nitrogens with two attached hydrogens (primary N) is 1. The van der Waals surface area contributed by atoms with E-state index in [0.29, 0.717) is 11.3 Å². The van der Waals surface area contributed by atoms with Crippen molar-refractivity contribution in [2.24, 2.45) is 0 Å². The number of hydrogen-bond acceptors (Lipinski definition) is 2. The molecule has 0 aliphatic rings. The van der Waals surface area contributed by atoms with Crippen LogP contribution in [0.2, 0.25) is 0 Å². The molecule has 0 radical (unpaired) electrons. The summed E-state index contributed by atoms with van der Waals surface area (Å²) in [7, 11) is 0. The zero-order chi connectivity index (χ0) is 15.6. The van der Waals surface area contributed by atoms with E-state index in [1.165, 1.54) is 0 Å². The van der Waals surface area contributed by atoms with E-state index >= 15 is 0 Å². The zero-order valence-corrected chi connectivity index (χ0v) is 14.3. The number of benzene rings is 2. The Kier molecular flexibility index (Phi) is 5.61. The van der Waals surface area contributed by atoms with Crippen LogP contribution in [0.1, 0.15) is 42.3 Å². The van der Waals surface area contributed by atoms with Crippen molar-refractivity contribution in [2.75, 3.05) is 11.1 Å². The molecular weight excluding hydrogens is 296 g/mol. The van der Waals surface area contributed by atoms with Gasteiger partial charge in [0.25, 0.3) is 5.91 Å². The lowest BCUT2D eigenvalue weighted by Crippen LogP contribution is -2.19. The minimum atomic E-state index is -0.128. The summed E-state index contributed by atoms with van der Waals surface area (Å²) in [6.07, 6.45) is 0. The van der Waals surface area contributed by atoms with Crippen LogP contribution in [0.3, 0.4) is 0 Å². The van der Waals surface area contributed by atoms with Gasteiger partial charge < -0.3 is 11.1 Å². The van der Waals surface area contributed by atoms with Gasteiger partial charge in [-0.1, -0.05) is 45.0 Å². The second-order valence-corrected chi connectivity index (χ2v) is 6.32. The highest BCUT2D eigenvalue weighted by molar-refractivity contribution is 6.06. The first-order chi connectivity index (χ1) is 9.79. The highest BCUT2D eigenvalue weighted by atomic mass is 35.5. The minimum absolute atomic E-state index is 0. The third-order valence-electron chi connectivity index (χ3n) is 3.49. The number of amides is 1. The second-order valence-electron chi connectivity index (χ2n) is 6.32. The van der Waals surface area contributed by atoms with Gasteiger partial charge in [-0.25, -0.2) is 0 Å². The Balaban J connectivity index is 0.00000242. The van der Waals surface area contributed by atoms with Gasteiger partial charge in [-0.3, -0.25) is 4.79 Å². The molecule has 4 heteroatoms. The molecule has 22 heavy (non-hydrogen) atoms. The Morgan fingerprint density at radius 1 is 1.09 bits per heavy atom. The first kappa shape index (κ1) is 18.1. The highest BCUT2D eigenvalue weighted by Gasteiger charge is 2.19. The molecule has 0 saturated carbocycles. The van der Waals surface area contributed by atoms with E-state index in [9.17, 15) is 4.79 Å². The summed E-state index contributed by atoms with van der Waals surface area (Å²) in [6, 6.07) is 13.3. The monoisotopic (exact) mass is 318 g/mol. The van der Waals surface area contributed by atoms with Crippen molar-refractivity contribution in [3.8, 4) is 0 Å². The Hall–Kier alpha value is -2.00. The van der Waals surface area contributed by atoms with Crippen LogP contribution in [0.5, 0.6) is 0 Å². The predicted molar refractivity (Wildman–Crippen MR) is 95.9 cm³/mol. The van der Waals surface area contributed by atoms with Gasteiger partial charge in [0.15, 0.2) is 0 Å². The molecule has 2 aromatic carbocycles. The molecule has 1 amide bonds. The predicted octanol–water partition coefficient (Wildman–Crippen LogP) is 4.55. The number of halogens is 1. The lowest BCUT2D eigenvalue weighted by atomic mass is 9.86. The van der Waals surface area contributed by atoms with E-state index in [0.717, 1.165) is 16.8 Å². The van der Waals surface area contributed by atoms with Crippen LogP contribution >= 0.6 is 12.4 Å². The van der Waals surface area contributed by atoms with E-state index in [4.69, 9.17) is 5.73 Å². The normalized spacial score (nSPS) is 10.7. The lowest BCUT2D eigenvalue weighted by Gasteiger charge is -2.23. The largest absolute Gasteiger partial charge is 0.399 e. The molecule has 0 aromatic heterocycles. The fraction of sp³-hybridized carbons (Fsp3) is 0.278. The van der Waals surface area contributed by atoms with E-state index in [1.807, 2.05) is 37.3 Å². The maximum absolute atomic E-state index is 12.5. The van der Waals surface area contributed by atoms with Gasteiger partial charge in [0, 0.05) is 16.9 Å². The summed E-state index contributed by atoms with van der Waals surface area (Å²) in [4.78, 5) is 12.5. The summed E-state index contributed by atoms with van der Waals surface area (Å²) >= 11 is 0. The molecular formula is C18H23ClN2O. The van der Waals surface area contributed by atoms with Crippen molar-refractivity contribution in [3.05, 3.63) is 59.2 Å². The van der Waals surface area contributed by atoms with Crippen LogP contribution in [-0.2, 0) is 5.41 Å². The third-order valence-corrected chi connectivity index (χ3v) is 3.49. The molecule has 0 fully saturated rings. The van der Waals surface area contributed by atoms with Gasteiger partial charge in [-0.2, -0.15) is 0 Å². The molecule has 0 saturated heterocycles. The quantitative estimate of drug-likeness (QED) is 0.798. The average Bonchev–Trinajstić information content (AvgIpc) is 2.41. The third kappa shape index (κ3) is 4.01. The molecule has 0 atom stereocenters. The van der Waals surface area contributed by atoms with Crippen molar-refractivity contribution in [2.45, 2.75) is 33.1 Å². The number of carbonyl (C=O) groups is 1. The first-order valence-electron chi connectivity index (χ1n) is 7.06. The summed E-state index contributed by atoms with van der Waals surface area (Å²) < 4.78 is 0. The van der Waals surface area contributed by atoms with Gasteiger partial charge in [0.05, 0.1) is 0 Å². The second kappa shape index (κ2) is 6.84. The molecule has 2 aromatic rings. The highest BCUT2D eigenvalue weighted by Crippen LogP contribution is 2.29. The molecule has 0 spiro atoms. The van der Waals surface area contributed by atoms with Crippen LogP contribution in [0, 0.1) is 6.92 Å². The SMILES string of the molecule is Cc1ccc(N)cc1C(=O)Nc1ccccc1C(C)(C)C.Cl. The van der Waals surface area contributed by atoms with Crippen LogP contribution in [-0.4, -0.2) is 5.91 Å². The fourth-order valence-corrected chi connectivity index (χ4v) is 2.32. The number of hydrogen-bond donors (Lipinski definition) is 2.